The Morgan fingerprint density at radius 1 is 0.941 bits per heavy atom. The van der Waals surface area contributed by atoms with Gasteiger partial charge >= 0.3 is 12.1 Å². The van der Waals surface area contributed by atoms with Crippen LogP contribution in [0.2, 0.25) is 0 Å². The van der Waals surface area contributed by atoms with E-state index >= 15 is 0 Å². The minimum Gasteiger partial charge on any atom is -0.340 e. The van der Waals surface area contributed by atoms with Crippen molar-refractivity contribution in [3.05, 3.63) is 33.9 Å². The first-order valence-corrected chi connectivity index (χ1v) is 4.82. The molecule has 0 aromatic heterocycles. The van der Waals surface area contributed by atoms with Crippen molar-refractivity contribution < 1.29 is 28.5 Å². The monoisotopic (exact) mass is 250 g/mol. The Hall–Kier alpha value is -1.11. The Bertz CT molecular complexity index is 445. The Labute approximate surface area is 96.1 Å². The fraction of sp³-hybridized carbons (Fsp3) is 0.455. The van der Waals surface area contributed by atoms with Crippen LogP contribution in [-0.2, 0) is 12.1 Å². The van der Waals surface area contributed by atoms with Gasteiger partial charge in [0.15, 0.2) is 0 Å². The zero-order chi connectivity index (χ0) is 13.6. The molecule has 3 N–H and O–H groups in total. The van der Waals surface area contributed by atoms with Crippen LogP contribution in [0, 0.1) is 20.8 Å². The summed E-state index contributed by atoms with van der Waals surface area (Å²) in [7, 11) is 0. The van der Waals surface area contributed by atoms with Crippen LogP contribution in [0.25, 0.3) is 0 Å². The average Bonchev–Trinajstić information content (AvgIpc) is 2.07. The van der Waals surface area contributed by atoms with E-state index in [-0.39, 0.29) is 11.1 Å². The predicted octanol–water partition coefficient (Wildman–Crippen LogP) is 1.72. The second kappa shape index (κ2) is 3.97. The summed E-state index contributed by atoms with van der Waals surface area (Å²) in [5, 5.41) is 27.1. The summed E-state index contributed by atoms with van der Waals surface area (Å²) in [5.41, 5.74) is -1.68. The summed E-state index contributed by atoms with van der Waals surface area (Å²) in [5.74, 6) is -3.28. The maximum atomic E-state index is 12.8. The predicted molar refractivity (Wildman–Crippen MR) is 54.0 cm³/mol. The van der Waals surface area contributed by atoms with Crippen LogP contribution in [0.3, 0.4) is 0 Å². The molecular weight excluding hydrogens is 237 g/mol. The first-order chi connectivity index (χ1) is 7.46. The maximum Gasteiger partial charge on any atom is 0.416 e. The van der Waals surface area contributed by atoms with E-state index in [1.807, 2.05) is 0 Å². The lowest BCUT2D eigenvalue weighted by atomic mass is 9.92. The molecule has 1 aromatic carbocycles. The summed E-state index contributed by atoms with van der Waals surface area (Å²) in [6.45, 7) is 3.78. The molecule has 0 saturated carbocycles. The fourth-order valence-corrected chi connectivity index (χ4v) is 1.82. The van der Waals surface area contributed by atoms with E-state index in [2.05, 4.69) is 0 Å². The Morgan fingerprint density at radius 2 is 1.41 bits per heavy atom. The van der Waals surface area contributed by atoms with Gasteiger partial charge in [0.2, 0.25) is 0 Å². The number of halogens is 3. The molecule has 0 aliphatic heterocycles. The third-order valence-electron chi connectivity index (χ3n) is 2.75. The van der Waals surface area contributed by atoms with Gasteiger partial charge in [-0.05, 0) is 43.5 Å². The number of rotatable bonds is 1. The Kier molecular flexibility index (Phi) is 3.26. The second-order valence-corrected chi connectivity index (χ2v) is 4.00. The third kappa shape index (κ3) is 2.59. The minimum atomic E-state index is -4.61. The molecule has 0 aliphatic carbocycles. The van der Waals surface area contributed by atoms with Gasteiger partial charge in [-0.25, -0.2) is 0 Å². The van der Waals surface area contributed by atoms with Crippen LogP contribution in [0.15, 0.2) is 6.07 Å². The van der Waals surface area contributed by atoms with Crippen molar-refractivity contribution in [3.63, 3.8) is 0 Å². The minimum absolute atomic E-state index is 0.00278. The molecule has 6 heteroatoms. The highest BCUT2D eigenvalue weighted by atomic mass is 19.4. The smallest absolute Gasteiger partial charge is 0.340 e. The first-order valence-electron chi connectivity index (χ1n) is 4.82. The number of hydrogen-bond donors (Lipinski definition) is 3. The summed E-state index contributed by atoms with van der Waals surface area (Å²) in [6, 6.07) is 1.12. The SMILES string of the molecule is Cc1cc(C(O)(O)O)c(C)c(C(F)(F)F)c1C. The Balaban J connectivity index is 3.67. The molecule has 0 heterocycles. The van der Waals surface area contributed by atoms with E-state index in [0.29, 0.717) is 0 Å². The van der Waals surface area contributed by atoms with Crippen LogP contribution < -0.4 is 0 Å². The van der Waals surface area contributed by atoms with Gasteiger partial charge in [-0.3, -0.25) is 0 Å². The molecule has 0 amide bonds. The highest BCUT2D eigenvalue weighted by Gasteiger charge is 2.38. The van der Waals surface area contributed by atoms with Gasteiger partial charge in [0, 0.05) is 5.56 Å². The lowest BCUT2D eigenvalue weighted by Gasteiger charge is -2.23. The molecule has 1 aromatic rings. The quantitative estimate of drug-likeness (QED) is 0.665. The maximum absolute atomic E-state index is 12.8. The number of benzene rings is 1. The van der Waals surface area contributed by atoms with E-state index in [1.165, 1.54) is 13.8 Å². The van der Waals surface area contributed by atoms with Crippen LogP contribution >= 0.6 is 0 Å². The highest BCUT2D eigenvalue weighted by Crippen LogP contribution is 2.38. The molecule has 96 valence electrons. The third-order valence-corrected chi connectivity index (χ3v) is 2.75. The van der Waals surface area contributed by atoms with Gasteiger partial charge in [-0.15, -0.1) is 0 Å². The standard InChI is InChI=1S/C11H13F3O3/c1-5-4-8(11(15,16)17)7(3)9(6(5)2)10(12,13)14/h4,15-17H,1-3H3. The Morgan fingerprint density at radius 3 is 1.76 bits per heavy atom. The molecule has 0 saturated heterocycles. The summed E-state index contributed by atoms with van der Waals surface area (Å²) in [6.07, 6.45) is -4.61. The number of alkyl halides is 3. The number of aliphatic hydroxyl groups is 3. The van der Waals surface area contributed by atoms with Crippen LogP contribution in [-0.4, -0.2) is 15.3 Å². The van der Waals surface area contributed by atoms with E-state index in [1.54, 1.807) is 0 Å². The number of aryl methyl sites for hydroxylation is 1. The second-order valence-electron chi connectivity index (χ2n) is 4.00. The molecule has 0 bridgehead atoms. The van der Waals surface area contributed by atoms with Gasteiger partial charge in [-0.1, -0.05) is 0 Å². The van der Waals surface area contributed by atoms with E-state index in [0.717, 1.165) is 13.0 Å². The van der Waals surface area contributed by atoms with Crippen molar-refractivity contribution in [2.75, 3.05) is 0 Å². The lowest BCUT2D eigenvalue weighted by Crippen LogP contribution is -2.27. The molecule has 0 unspecified atom stereocenters. The zero-order valence-corrected chi connectivity index (χ0v) is 9.55. The molecule has 0 fully saturated rings. The van der Waals surface area contributed by atoms with Crippen molar-refractivity contribution in [1.29, 1.82) is 0 Å². The van der Waals surface area contributed by atoms with E-state index in [9.17, 15) is 13.2 Å². The fourth-order valence-electron chi connectivity index (χ4n) is 1.82. The van der Waals surface area contributed by atoms with Crippen molar-refractivity contribution in [2.45, 2.75) is 32.9 Å². The summed E-state index contributed by atoms with van der Waals surface area (Å²) < 4.78 is 38.4. The molecular formula is C11H13F3O3. The first kappa shape index (κ1) is 14.0. The largest absolute Gasteiger partial charge is 0.416 e. The molecule has 0 aliphatic rings. The van der Waals surface area contributed by atoms with E-state index < -0.39 is 28.8 Å². The van der Waals surface area contributed by atoms with Crippen LogP contribution in [0.5, 0.6) is 0 Å². The topological polar surface area (TPSA) is 60.7 Å². The molecule has 17 heavy (non-hydrogen) atoms. The van der Waals surface area contributed by atoms with Gasteiger partial charge in [0.1, 0.15) is 0 Å². The van der Waals surface area contributed by atoms with Crippen molar-refractivity contribution >= 4 is 0 Å². The van der Waals surface area contributed by atoms with Gasteiger partial charge in [-0.2, -0.15) is 13.2 Å². The highest BCUT2D eigenvalue weighted by molar-refractivity contribution is 5.47. The number of hydrogen-bond acceptors (Lipinski definition) is 3. The normalized spacial score (nSPS) is 13.0. The summed E-state index contributed by atoms with van der Waals surface area (Å²) in [4.78, 5) is 0. The molecule has 0 radical (unpaired) electrons. The molecule has 0 atom stereocenters. The van der Waals surface area contributed by atoms with Crippen molar-refractivity contribution in [2.24, 2.45) is 0 Å². The molecule has 1 rings (SSSR count). The molecule has 3 nitrogen and oxygen atoms in total. The average molecular weight is 250 g/mol. The van der Waals surface area contributed by atoms with Gasteiger partial charge in [0.25, 0.3) is 0 Å². The molecule has 0 spiro atoms. The van der Waals surface area contributed by atoms with Crippen molar-refractivity contribution in [3.8, 4) is 0 Å². The zero-order valence-electron chi connectivity index (χ0n) is 9.55. The van der Waals surface area contributed by atoms with E-state index in [4.69, 9.17) is 15.3 Å². The van der Waals surface area contributed by atoms with Gasteiger partial charge < -0.3 is 15.3 Å². The summed E-state index contributed by atoms with van der Waals surface area (Å²) >= 11 is 0. The van der Waals surface area contributed by atoms with Crippen LogP contribution in [0.1, 0.15) is 27.8 Å². The lowest BCUT2D eigenvalue weighted by molar-refractivity contribution is -0.324. The van der Waals surface area contributed by atoms with Gasteiger partial charge in [0.05, 0.1) is 5.56 Å². The van der Waals surface area contributed by atoms with Crippen molar-refractivity contribution in [1.82, 2.24) is 0 Å². The van der Waals surface area contributed by atoms with Crippen LogP contribution in [0.4, 0.5) is 13.2 Å².